The number of hydrogen-bond donors (Lipinski definition) is 1. The fraction of sp³-hybridized carbons (Fsp3) is 0.0625. The van der Waals surface area contributed by atoms with Gasteiger partial charge in [-0.25, -0.2) is 9.37 Å². The Morgan fingerprint density at radius 3 is 2.86 bits per heavy atom. The maximum Gasteiger partial charge on any atom is 0.124 e. The first-order valence-electron chi connectivity index (χ1n) is 6.40. The molecule has 0 spiro atoms. The molecule has 0 fully saturated rings. The molecule has 0 aliphatic heterocycles. The van der Waals surface area contributed by atoms with Crippen molar-refractivity contribution < 1.29 is 4.39 Å². The minimum atomic E-state index is -0.239. The molecule has 1 aromatic heterocycles. The summed E-state index contributed by atoms with van der Waals surface area (Å²) in [6.45, 7) is 0.627. The van der Waals surface area contributed by atoms with Crippen LogP contribution in [0.3, 0.4) is 0 Å². The average molecular weight is 363 g/mol. The molecular weight excluding hydrogens is 351 g/mol. The molecule has 1 heterocycles. The summed E-state index contributed by atoms with van der Waals surface area (Å²) in [5.41, 5.74) is 3.11. The smallest absolute Gasteiger partial charge is 0.124 e. The highest BCUT2D eigenvalue weighted by atomic mass is 79.9. The van der Waals surface area contributed by atoms with Crippen LogP contribution in [-0.4, -0.2) is 4.98 Å². The Kier molecular flexibility index (Phi) is 4.31. The van der Waals surface area contributed by atoms with E-state index in [0.29, 0.717) is 6.54 Å². The van der Waals surface area contributed by atoms with Crippen LogP contribution in [0.25, 0.3) is 10.6 Å². The molecule has 0 amide bonds. The van der Waals surface area contributed by atoms with Crippen LogP contribution in [0.5, 0.6) is 0 Å². The number of benzene rings is 2. The summed E-state index contributed by atoms with van der Waals surface area (Å²) in [6, 6.07) is 12.8. The van der Waals surface area contributed by atoms with Gasteiger partial charge in [-0.2, -0.15) is 0 Å². The molecule has 0 bridgehead atoms. The number of nitrogens with one attached hydrogen (secondary N) is 1. The first-order chi connectivity index (χ1) is 10.2. The molecule has 0 aliphatic rings. The fourth-order valence-corrected chi connectivity index (χ4v) is 3.12. The molecule has 0 saturated carbocycles. The summed E-state index contributed by atoms with van der Waals surface area (Å²) in [4.78, 5) is 4.31. The third-order valence-corrected chi connectivity index (χ3v) is 4.60. The lowest BCUT2D eigenvalue weighted by atomic mass is 10.2. The summed E-state index contributed by atoms with van der Waals surface area (Å²) in [7, 11) is 0. The molecule has 2 nitrogen and oxygen atoms in total. The zero-order chi connectivity index (χ0) is 14.7. The number of thiazole rings is 1. The number of aromatic nitrogens is 1. The van der Waals surface area contributed by atoms with Gasteiger partial charge >= 0.3 is 0 Å². The van der Waals surface area contributed by atoms with Crippen molar-refractivity contribution in [1.29, 1.82) is 0 Å². The van der Waals surface area contributed by atoms with E-state index in [1.165, 1.54) is 12.1 Å². The van der Waals surface area contributed by atoms with Crippen molar-refractivity contribution in [3.05, 3.63) is 69.9 Å². The molecular formula is C16H12BrFN2S. The zero-order valence-electron chi connectivity index (χ0n) is 11.0. The highest BCUT2D eigenvalue weighted by Gasteiger charge is 2.04. The van der Waals surface area contributed by atoms with E-state index in [1.807, 2.05) is 23.6 Å². The first-order valence-corrected chi connectivity index (χ1v) is 8.07. The number of rotatable bonds is 4. The molecule has 0 atom stereocenters. The lowest BCUT2D eigenvalue weighted by molar-refractivity contribution is 0.626. The van der Waals surface area contributed by atoms with Crippen LogP contribution in [0.1, 0.15) is 5.56 Å². The quantitative estimate of drug-likeness (QED) is 0.678. The second-order valence-corrected chi connectivity index (χ2v) is 6.26. The van der Waals surface area contributed by atoms with Gasteiger partial charge in [0.25, 0.3) is 0 Å². The molecule has 1 N–H and O–H groups in total. The van der Waals surface area contributed by atoms with Gasteiger partial charge in [-0.05, 0) is 29.8 Å². The monoisotopic (exact) mass is 362 g/mol. The lowest BCUT2D eigenvalue weighted by Gasteiger charge is -2.09. The Hall–Kier alpha value is -1.72. The first kappa shape index (κ1) is 14.2. The van der Waals surface area contributed by atoms with Crippen molar-refractivity contribution in [3.63, 3.8) is 0 Å². The second-order valence-electron chi connectivity index (χ2n) is 4.51. The lowest BCUT2D eigenvalue weighted by Crippen LogP contribution is -2.00. The van der Waals surface area contributed by atoms with Gasteiger partial charge in [0.05, 0.1) is 0 Å². The molecule has 5 heteroatoms. The van der Waals surface area contributed by atoms with E-state index < -0.39 is 0 Å². The van der Waals surface area contributed by atoms with Crippen molar-refractivity contribution in [1.82, 2.24) is 4.98 Å². The van der Waals surface area contributed by atoms with E-state index in [1.54, 1.807) is 23.6 Å². The van der Waals surface area contributed by atoms with E-state index in [2.05, 4.69) is 32.3 Å². The zero-order valence-corrected chi connectivity index (χ0v) is 13.4. The molecule has 0 saturated heterocycles. The predicted molar refractivity (Wildman–Crippen MR) is 89.0 cm³/mol. The maximum atomic E-state index is 13.1. The number of nitrogens with zero attached hydrogens (tertiary/aromatic N) is 1. The summed E-state index contributed by atoms with van der Waals surface area (Å²) < 4.78 is 13.8. The molecule has 0 unspecified atom stereocenters. The Labute approximate surface area is 134 Å². The van der Waals surface area contributed by atoms with Crippen molar-refractivity contribution in [3.8, 4) is 10.6 Å². The van der Waals surface area contributed by atoms with Crippen LogP contribution < -0.4 is 5.32 Å². The van der Waals surface area contributed by atoms with Gasteiger partial charge in [0.1, 0.15) is 10.8 Å². The SMILES string of the molecule is Fc1ccc(CNc2cccc(-c3nccs3)c2)c(Br)c1. The molecule has 0 radical (unpaired) electrons. The predicted octanol–water partition coefficient (Wildman–Crippen LogP) is 5.32. The normalized spacial score (nSPS) is 10.6. The molecule has 3 aromatic rings. The largest absolute Gasteiger partial charge is 0.381 e. The van der Waals surface area contributed by atoms with E-state index in [-0.39, 0.29) is 5.82 Å². The van der Waals surface area contributed by atoms with Gasteiger partial charge in [0.2, 0.25) is 0 Å². The van der Waals surface area contributed by atoms with Gasteiger partial charge in [0.15, 0.2) is 0 Å². The van der Waals surface area contributed by atoms with Gasteiger partial charge < -0.3 is 5.32 Å². The molecule has 2 aromatic carbocycles. The average Bonchev–Trinajstić information content (AvgIpc) is 3.01. The van der Waals surface area contributed by atoms with E-state index in [0.717, 1.165) is 26.3 Å². The number of halogens is 2. The van der Waals surface area contributed by atoms with Crippen LogP contribution >= 0.6 is 27.3 Å². The van der Waals surface area contributed by atoms with E-state index in [9.17, 15) is 4.39 Å². The minimum absolute atomic E-state index is 0.239. The molecule has 3 rings (SSSR count). The Bertz CT molecular complexity index is 744. The molecule has 21 heavy (non-hydrogen) atoms. The Morgan fingerprint density at radius 2 is 2.10 bits per heavy atom. The van der Waals surface area contributed by atoms with Crippen molar-refractivity contribution in [2.45, 2.75) is 6.54 Å². The van der Waals surface area contributed by atoms with Crippen molar-refractivity contribution in [2.24, 2.45) is 0 Å². The second kappa shape index (κ2) is 6.37. The summed E-state index contributed by atoms with van der Waals surface area (Å²) in [6.07, 6.45) is 1.80. The van der Waals surface area contributed by atoms with E-state index in [4.69, 9.17) is 0 Å². The number of anilines is 1. The Morgan fingerprint density at radius 1 is 1.19 bits per heavy atom. The molecule has 106 valence electrons. The van der Waals surface area contributed by atoms with Crippen LogP contribution in [0, 0.1) is 5.82 Å². The van der Waals surface area contributed by atoms with Gasteiger partial charge in [-0.15, -0.1) is 11.3 Å². The summed E-state index contributed by atoms with van der Waals surface area (Å²) in [5.74, 6) is -0.239. The standard InChI is InChI=1S/C16H12BrFN2S/c17-15-9-13(18)5-4-12(15)10-20-14-3-1-2-11(8-14)16-19-6-7-21-16/h1-9,20H,10H2. The van der Waals surface area contributed by atoms with E-state index >= 15 is 0 Å². The van der Waals surface area contributed by atoms with Crippen molar-refractivity contribution in [2.75, 3.05) is 5.32 Å². The van der Waals surface area contributed by atoms with Crippen LogP contribution in [0.4, 0.5) is 10.1 Å². The fourth-order valence-electron chi connectivity index (χ4n) is 1.99. The van der Waals surface area contributed by atoms with Gasteiger partial charge in [0, 0.05) is 33.8 Å². The minimum Gasteiger partial charge on any atom is -0.381 e. The van der Waals surface area contributed by atoms with Crippen LogP contribution in [0.15, 0.2) is 58.5 Å². The topological polar surface area (TPSA) is 24.9 Å². The van der Waals surface area contributed by atoms with Gasteiger partial charge in [-0.3, -0.25) is 0 Å². The third kappa shape index (κ3) is 3.49. The van der Waals surface area contributed by atoms with Crippen LogP contribution in [-0.2, 0) is 6.54 Å². The number of hydrogen-bond acceptors (Lipinski definition) is 3. The highest BCUT2D eigenvalue weighted by Crippen LogP contribution is 2.25. The Balaban J connectivity index is 1.75. The van der Waals surface area contributed by atoms with Crippen molar-refractivity contribution >= 4 is 33.0 Å². The summed E-state index contributed by atoms with van der Waals surface area (Å²) in [5, 5.41) is 6.31. The highest BCUT2D eigenvalue weighted by molar-refractivity contribution is 9.10. The maximum absolute atomic E-state index is 13.1. The summed E-state index contributed by atoms with van der Waals surface area (Å²) >= 11 is 4.99. The van der Waals surface area contributed by atoms with Crippen LogP contribution in [0.2, 0.25) is 0 Å². The van der Waals surface area contributed by atoms with Gasteiger partial charge in [-0.1, -0.05) is 34.1 Å². The third-order valence-electron chi connectivity index (χ3n) is 3.04. The molecule has 0 aliphatic carbocycles.